The van der Waals surface area contributed by atoms with Gasteiger partial charge in [-0.15, -0.1) is 10.3 Å². The maximum atomic E-state index is 12.6. The Kier molecular flexibility index (Phi) is 6.14. The third-order valence-electron chi connectivity index (χ3n) is 3.63. The summed E-state index contributed by atoms with van der Waals surface area (Å²) in [7, 11) is -8.32. The van der Waals surface area contributed by atoms with E-state index < -0.39 is 25.9 Å². The Morgan fingerprint density at radius 3 is 2.14 bits per heavy atom. The summed E-state index contributed by atoms with van der Waals surface area (Å²) in [5, 5.41) is -0.279. The first kappa shape index (κ1) is 18.8. The number of hydrogen-bond acceptors (Lipinski definition) is 4. The number of hydrogen-bond donors (Lipinski definition) is 0. The molecule has 0 aromatic rings. The van der Waals surface area contributed by atoms with E-state index in [0.29, 0.717) is 12.8 Å². The molecule has 1 atom stereocenters. The zero-order valence-corrected chi connectivity index (χ0v) is 13.7. The van der Waals surface area contributed by atoms with Crippen LogP contribution in [0.3, 0.4) is 0 Å². The molecule has 1 rings (SSSR count). The molecule has 1 unspecified atom stereocenters. The first-order valence-corrected chi connectivity index (χ1v) is 10.4. The highest BCUT2D eigenvalue weighted by molar-refractivity contribution is 8.33. The largest absolute Gasteiger partial charge is 0.523 e. The van der Waals surface area contributed by atoms with E-state index in [9.17, 15) is 26.4 Å². The Morgan fingerprint density at radius 2 is 1.71 bits per heavy atom. The summed E-state index contributed by atoms with van der Waals surface area (Å²) in [6.45, 7) is 1.60. The van der Waals surface area contributed by atoms with E-state index in [-0.39, 0.29) is 23.2 Å². The monoisotopic (exact) mass is 350 g/mol. The van der Waals surface area contributed by atoms with Crippen molar-refractivity contribution in [2.24, 2.45) is 0 Å². The van der Waals surface area contributed by atoms with Gasteiger partial charge in [0.15, 0.2) is 0 Å². The third-order valence-corrected chi connectivity index (χ3v) is 8.93. The van der Waals surface area contributed by atoms with Crippen molar-refractivity contribution in [2.75, 3.05) is 12.0 Å². The molecule has 0 saturated heterocycles. The van der Waals surface area contributed by atoms with E-state index in [1.54, 1.807) is 6.92 Å². The fraction of sp³-hybridized carbons (Fsp3) is 0.917. The molecule has 4 nitrogen and oxygen atoms in total. The molecule has 0 amide bonds. The van der Waals surface area contributed by atoms with Crippen molar-refractivity contribution >= 4 is 26.2 Å². The number of Topliss-reactive ketones (excluding diaryl/α,β-unsaturated/α-hetero) is 1. The van der Waals surface area contributed by atoms with E-state index >= 15 is 0 Å². The Labute approximate surface area is 125 Å². The normalized spacial score (nSPS) is 22.5. The van der Waals surface area contributed by atoms with Crippen molar-refractivity contribution in [1.29, 1.82) is 0 Å². The van der Waals surface area contributed by atoms with E-state index in [0.717, 1.165) is 19.3 Å². The molecule has 0 heterocycles. The minimum absolute atomic E-state index is 0.157. The van der Waals surface area contributed by atoms with Gasteiger partial charge in [-0.2, -0.15) is 21.6 Å². The molecular weight excluding hydrogens is 329 g/mol. The molecule has 1 saturated carbocycles. The molecule has 126 valence electrons. The molecule has 0 aliphatic heterocycles. The molecule has 9 heteroatoms. The van der Waals surface area contributed by atoms with Crippen molar-refractivity contribution in [2.45, 2.75) is 56.2 Å². The van der Waals surface area contributed by atoms with Crippen molar-refractivity contribution in [3.8, 4) is 0 Å². The predicted octanol–water partition coefficient (Wildman–Crippen LogP) is 3.51. The van der Waals surface area contributed by atoms with E-state index in [4.69, 9.17) is 0 Å². The van der Waals surface area contributed by atoms with Crippen molar-refractivity contribution in [3.05, 3.63) is 0 Å². The molecule has 0 N–H and O–H groups in total. The van der Waals surface area contributed by atoms with Gasteiger partial charge < -0.3 is 0 Å². The third kappa shape index (κ3) is 4.85. The first-order valence-electron chi connectivity index (χ1n) is 6.81. The average Bonchev–Trinajstić information content (AvgIpc) is 2.37. The first-order chi connectivity index (χ1) is 9.52. The topological polar surface area (TPSA) is 60.4 Å². The lowest BCUT2D eigenvalue weighted by Crippen LogP contribution is -2.34. The molecule has 1 aliphatic carbocycles. The summed E-state index contributed by atoms with van der Waals surface area (Å²) in [4.78, 5) is 11.7. The second-order valence-electron chi connectivity index (χ2n) is 5.34. The lowest BCUT2D eigenvalue weighted by Gasteiger charge is -2.43. The summed E-state index contributed by atoms with van der Waals surface area (Å²) < 4.78 is 65.0. The van der Waals surface area contributed by atoms with Crippen LogP contribution < -0.4 is 0 Å². The maximum absolute atomic E-state index is 12.6. The fourth-order valence-electron chi connectivity index (χ4n) is 2.43. The molecular formula is C12H21F3O4S2. The molecule has 1 aliphatic rings. The van der Waals surface area contributed by atoms with Gasteiger partial charge in [0, 0.05) is 11.7 Å². The Bertz CT molecular complexity index is 469. The molecule has 0 bridgehead atoms. The van der Waals surface area contributed by atoms with Crippen LogP contribution in [-0.4, -0.2) is 37.0 Å². The van der Waals surface area contributed by atoms with Crippen LogP contribution in [0.5, 0.6) is 0 Å². The Hall–Kier alpha value is -0.280. The van der Waals surface area contributed by atoms with Gasteiger partial charge in [-0.3, -0.25) is 4.79 Å². The summed E-state index contributed by atoms with van der Waals surface area (Å²) in [6.07, 6.45) is 5.38. The molecule has 0 spiro atoms. The minimum atomic E-state index is -5.67. The Balaban J connectivity index is 3.04. The van der Waals surface area contributed by atoms with Gasteiger partial charge in [-0.05, 0) is 19.1 Å². The Morgan fingerprint density at radius 1 is 1.19 bits per heavy atom. The average molecular weight is 350 g/mol. The highest BCUT2D eigenvalue weighted by atomic mass is 32.3. The summed E-state index contributed by atoms with van der Waals surface area (Å²) in [5.74, 6) is -0.501. The number of carbonyl (C=O) groups is 1. The highest BCUT2D eigenvalue weighted by Crippen LogP contribution is 2.57. The second kappa shape index (κ2) is 6.87. The zero-order valence-electron chi connectivity index (χ0n) is 12.1. The van der Waals surface area contributed by atoms with Gasteiger partial charge in [0.05, 0.1) is 5.75 Å². The summed E-state index contributed by atoms with van der Waals surface area (Å²) in [6, 6.07) is 0. The van der Waals surface area contributed by atoms with Crippen LogP contribution in [0.15, 0.2) is 0 Å². The minimum Gasteiger partial charge on any atom is -0.299 e. The van der Waals surface area contributed by atoms with Crippen LogP contribution in [0.2, 0.25) is 0 Å². The predicted molar refractivity (Wildman–Crippen MR) is 76.6 cm³/mol. The van der Waals surface area contributed by atoms with Crippen LogP contribution in [0.25, 0.3) is 0 Å². The molecule has 0 aromatic carbocycles. The molecule has 0 radical (unpaired) electrons. The zero-order chi connectivity index (χ0) is 16.3. The molecule has 1 fully saturated rings. The number of halogens is 3. The summed E-state index contributed by atoms with van der Waals surface area (Å²) >= 11 is 0. The van der Waals surface area contributed by atoms with Crippen LogP contribution in [0, 0.1) is 0 Å². The van der Waals surface area contributed by atoms with Gasteiger partial charge in [0.2, 0.25) is 0 Å². The van der Waals surface area contributed by atoms with Crippen LogP contribution in [0.1, 0.15) is 45.4 Å². The number of ketones is 1. The van der Waals surface area contributed by atoms with Gasteiger partial charge in [-0.1, -0.05) is 26.2 Å². The van der Waals surface area contributed by atoms with Crippen molar-refractivity contribution in [1.82, 2.24) is 0 Å². The molecule has 0 aromatic heterocycles. The van der Waals surface area contributed by atoms with E-state index in [1.165, 1.54) is 6.26 Å². The second-order valence-corrected chi connectivity index (χ2v) is 10.4. The lowest BCUT2D eigenvalue weighted by molar-refractivity contribution is -0.116. The van der Waals surface area contributed by atoms with Crippen LogP contribution in [0.4, 0.5) is 13.2 Å². The standard InChI is InChI=1S/C12H21F3O4S2/c1-3-10(16)9-20(2,11-7-5-4-6-8-11)19-21(17,18)12(13,14)15/h11H,3-9H2,1-2H3. The van der Waals surface area contributed by atoms with Gasteiger partial charge in [0.1, 0.15) is 5.78 Å². The summed E-state index contributed by atoms with van der Waals surface area (Å²) in [5.41, 5.74) is -5.45. The number of carbonyl (C=O) groups excluding carboxylic acids is 1. The van der Waals surface area contributed by atoms with E-state index in [2.05, 4.69) is 3.63 Å². The van der Waals surface area contributed by atoms with E-state index in [1.807, 2.05) is 0 Å². The van der Waals surface area contributed by atoms with Gasteiger partial charge >= 0.3 is 15.6 Å². The molecule has 21 heavy (non-hydrogen) atoms. The highest BCUT2D eigenvalue weighted by Gasteiger charge is 2.51. The van der Waals surface area contributed by atoms with Gasteiger partial charge in [0.25, 0.3) is 0 Å². The maximum Gasteiger partial charge on any atom is 0.523 e. The van der Waals surface area contributed by atoms with Crippen molar-refractivity contribution < 1.29 is 30.0 Å². The smallest absolute Gasteiger partial charge is 0.299 e. The van der Waals surface area contributed by atoms with Crippen LogP contribution in [-0.2, 0) is 18.5 Å². The number of alkyl halides is 3. The SMILES string of the molecule is CCC(=O)CS(C)(OS(=O)(=O)C(F)(F)F)C1CCCCC1. The van der Waals surface area contributed by atoms with Gasteiger partial charge in [-0.25, -0.2) is 3.63 Å². The quantitative estimate of drug-likeness (QED) is 0.688. The number of rotatable bonds is 6. The fourth-order valence-corrected chi connectivity index (χ4v) is 7.42. The van der Waals surface area contributed by atoms with Crippen LogP contribution >= 0.6 is 10.3 Å². The van der Waals surface area contributed by atoms with Crippen molar-refractivity contribution in [3.63, 3.8) is 0 Å². The lowest BCUT2D eigenvalue weighted by atomic mass is 10.0.